The molecule has 1 aromatic carbocycles. The van der Waals surface area contributed by atoms with E-state index in [0.29, 0.717) is 32.3 Å². The average Bonchev–Trinajstić information content (AvgIpc) is 3.55. The minimum absolute atomic E-state index is 0.000746. The highest BCUT2D eigenvalue weighted by Gasteiger charge is 2.56. The zero-order valence-electron chi connectivity index (χ0n) is 37.9. The third kappa shape index (κ3) is 11.5. The van der Waals surface area contributed by atoms with Gasteiger partial charge in [0.1, 0.15) is 30.2 Å². The van der Waals surface area contributed by atoms with Gasteiger partial charge in [-0.1, -0.05) is 74.8 Å². The van der Waals surface area contributed by atoms with Crippen molar-refractivity contribution in [2.75, 3.05) is 28.4 Å². The number of cyclic esters (lactones) is 1. The third-order valence-electron chi connectivity index (χ3n) is 13.6. The van der Waals surface area contributed by atoms with Gasteiger partial charge in [0.15, 0.2) is 20.4 Å². The fourth-order valence-corrected chi connectivity index (χ4v) is 11.2. The van der Waals surface area contributed by atoms with E-state index in [9.17, 15) is 9.59 Å². The second kappa shape index (κ2) is 21.4. The molecule has 1 saturated heterocycles. The molecule has 0 N–H and O–H groups in total. The predicted molar refractivity (Wildman–Crippen MR) is 237 cm³/mol. The van der Waals surface area contributed by atoms with Crippen molar-refractivity contribution in [2.24, 2.45) is 23.7 Å². The number of hydrogen-bond donors (Lipinski definition) is 0. The number of carbonyl (C=O) groups excluding carboxylic acids is 2. The Bertz CT molecular complexity index is 1670. The number of carbonyl (C=O) groups is 2. The molecular weight excluding hydrogens is 848 g/mol. The van der Waals surface area contributed by atoms with Crippen LogP contribution in [0.2, 0.25) is 18.1 Å². The Labute approximate surface area is 368 Å². The average molecular weight is 920 g/mol. The number of allylic oxidation sites excluding steroid dienone is 4. The number of rotatable bonds is 12. The van der Waals surface area contributed by atoms with Gasteiger partial charge in [-0.3, -0.25) is 9.59 Å². The Morgan fingerprint density at radius 3 is 2.20 bits per heavy atom. The van der Waals surface area contributed by atoms with Crippen molar-refractivity contribution in [1.29, 1.82) is 0 Å². The van der Waals surface area contributed by atoms with Gasteiger partial charge in [-0.15, -0.1) is 0 Å². The van der Waals surface area contributed by atoms with Crippen molar-refractivity contribution in [2.45, 2.75) is 160 Å². The Kier molecular flexibility index (Phi) is 17.5. The largest absolute Gasteiger partial charge is 0.497 e. The standard InChI is InChI=1S/C47H71BrO11Si/c1-13-32-15-14-16-38(55-27-30-17-20-33(51-7)21-18-30)28(2)37(49)23-22-34-31(19-24-40(50)57-32)25-36(48)41-35(34)26-39(43(41)59-60(11,12)47(4,5)6)58-46-45(54-10)44(53-9)42(52-8)29(3)56-46/h17-23,25,28-29,32,34-35,38-39,41-46H,13-16,24,26-27H2,1-12H3/b23-22+,31-19+/t28-,29-,32-,34+,35-,38-,39-,41+,42-,43-,44+,45+,46-/m0/s1. The van der Waals surface area contributed by atoms with E-state index in [1.165, 1.54) is 0 Å². The number of benzene rings is 1. The Morgan fingerprint density at radius 2 is 1.58 bits per heavy atom. The summed E-state index contributed by atoms with van der Waals surface area (Å²) in [4.78, 5) is 27.7. The van der Waals surface area contributed by atoms with Crippen LogP contribution in [0.5, 0.6) is 5.75 Å². The summed E-state index contributed by atoms with van der Waals surface area (Å²) >= 11 is 4.01. The quantitative estimate of drug-likeness (QED) is 0.148. The van der Waals surface area contributed by atoms with E-state index in [2.05, 4.69) is 55.9 Å². The molecule has 2 heterocycles. The topological polar surface area (TPSA) is 117 Å². The summed E-state index contributed by atoms with van der Waals surface area (Å²) in [6, 6.07) is 7.78. The lowest BCUT2D eigenvalue weighted by molar-refractivity contribution is -0.318. The van der Waals surface area contributed by atoms with Crippen LogP contribution in [0.25, 0.3) is 0 Å². The smallest absolute Gasteiger partial charge is 0.309 e. The van der Waals surface area contributed by atoms with Gasteiger partial charge in [-0.25, -0.2) is 0 Å². The van der Waals surface area contributed by atoms with Crippen LogP contribution in [0, 0.1) is 23.7 Å². The number of methoxy groups -OCH3 is 4. The van der Waals surface area contributed by atoms with Gasteiger partial charge in [0, 0.05) is 43.6 Å². The molecule has 60 heavy (non-hydrogen) atoms. The number of esters is 1. The molecular formula is C47H71BrO11Si. The molecule has 0 bridgehead atoms. The molecule has 13 heteroatoms. The zero-order valence-corrected chi connectivity index (χ0v) is 40.5. The molecule has 2 fully saturated rings. The first-order chi connectivity index (χ1) is 28.5. The first-order valence-corrected chi connectivity index (χ1v) is 25.5. The maximum absolute atomic E-state index is 14.3. The second-order valence-corrected chi connectivity index (χ2v) is 24.1. The van der Waals surface area contributed by atoms with Gasteiger partial charge in [0.2, 0.25) is 0 Å². The van der Waals surface area contributed by atoms with E-state index in [1.807, 2.05) is 57.2 Å². The SMILES string of the molecule is CC[C@H]1CCC[C@H](OCc2ccc(OC)cc2)[C@@H](C)C(=O)/C=C/[C@@H]2/C(=C/CC(=O)O1)C=C(Br)[C@H]1[C@H]2C[C@H](O[C@@H]2O[C@@H](C)[C@H](OC)[C@@H](OC)[C@H]2OC)[C@@H]1O[Si](C)(C)C(C)(C)C. The molecule has 1 aromatic rings. The van der Waals surface area contributed by atoms with Crippen LogP contribution in [-0.2, 0) is 53.8 Å². The van der Waals surface area contributed by atoms with E-state index in [1.54, 1.807) is 34.5 Å². The molecule has 0 unspecified atom stereocenters. The molecule has 2 aliphatic carbocycles. The van der Waals surface area contributed by atoms with Crippen molar-refractivity contribution < 1.29 is 51.9 Å². The summed E-state index contributed by atoms with van der Waals surface area (Å²) in [5.74, 6) is -0.266. The van der Waals surface area contributed by atoms with Crippen LogP contribution >= 0.6 is 15.9 Å². The van der Waals surface area contributed by atoms with Crippen LogP contribution < -0.4 is 4.74 Å². The van der Waals surface area contributed by atoms with Gasteiger partial charge >= 0.3 is 5.97 Å². The Balaban J connectivity index is 1.51. The van der Waals surface area contributed by atoms with Crippen LogP contribution in [0.4, 0.5) is 0 Å². The molecule has 1 saturated carbocycles. The molecule has 5 rings (SSSR count). The molecule has 336 valence electrons. The van der Waals surface area contributed by atoms with Crippen molar-refractivity contribution in [3.05, 3.63) is 64.2 Å². The van der Waals surface area contributed by atoms with E-state index >= 15 is 0 Å². The van der Waals surface area contributed by atoms with Gasteiger partial charge in [0.05, 0.1) is 44.6 Å². The van der Waals surface area contributed by atoms with Crippen molar-refractivity contribution >= 4 is 36.0 Å². The molecule has 2 aliphatic heterocycles. The van der Waals surface area contributed by atoms with E-state index in [4.69, 9.17) is 42.3 Å². The number of halogens is 1. The minimum Gasteiger partial charge on any atom is -0.497 e. The number of ether oxygens (including phenoxy) is 8. The van der Waals surface area contributed by atoms with Gasteiger partial charge in [0.25, 0.3) is 0 Å². The Morgan fingerprint density at radius 1 is 0.900 bits per heavy atom. The van der Waals surface area contributed by atoms with Crippen LogP contribution in [0.3, 0.4) is 0 Å². The highest BCUT2D eigenvalue weighted by molar-refractivity contribution is 9.11. The zero-order chi connectivity index (χ0) is 43.9. The molecule has 4 aliphatic rings. The van der Waals surface area contributed by atoms with Gasteiger partial charge in [-0.05, 0) is 98.5 Å². The fraction of sp³-hybridized carbons (Fsp3) is 0.702. The monoisotopic (exact) mass is 918 g/mol. The van der Waals surface area contributed by atoms with Crippen molar-refractivity contribution in [3.63, 3.8) is 0 Å². The molecule has 0 aromatic heterocycles. The lowest BCUT2D eigenvalue weighted by atomic mass is 9.74. The van der Waals surface area contributed by atoms with Crippen molar-refractivity contribution in [1.82, 2.24) is 0 Å². The van der Waals surface area contributed by atoms with E-state index in [-0.39, 0.29) is 71.5 Å². The Hall–Kier alpha value is -2.20. The number of hydrogen-bond acceptors (Lipinski definition) is 11. The maximum atomic E-state index is 14.3. The lowest BCUT2D eigenvalue weighted by Crippen LogP contribution is -2.60. The maximum Gasteiger partial charge on any atom is 0.309 e. The lowest BCUT2D eigenvalue weighted by Gasteiger charge is -2.46. The fourth-order valence-electron chi connectivity index (χ4n) is 8.96. The summed E-state index contributed by atoms with van der Waals surface area (Å²) < 4.78 is 57.5. The summed E-state index contributed by atoms with van der Waals surface area (Å²) in [5.41, 5.74) is 1.94. The normalized spacial score (nSPS) is 36.1. The first-order valence-electron chi connectivity index (χ1n) is 21.8. The highest BCUT2D eigenvalue weighted by Crippen LogP contribution is 2.54. The predicted octanol–water partition coefficient (Wildman–Crippen LogP) is 9.27. The summed E-state index contributed by atoms with van der Waals surface area (Å²) in [6.07, 6.45) is 7.68. The highest BCUT2D eigenvalue weighted by atomic mass is 79.9. The molecule has 0 radical (unpaired) electrons. The summed E-state index contributed by atoms with van der Waals surface area (Å²) in [6.45, 7) is 17.5. The van der Waals surface area contributed by atoms with Gasteiger partial charge < -0.3 is 42.3 Å². The van der Waals surface area contributed by atoms with E-state index in [0.717, 1.165) is 27.8 Å². The van der Waals surface area contributed by atoms with Crippen LogP contribution in [-0.4, -0.2) is 104 Å². The van der Waals surface area contributed by atoms with E-state index < -0.39 is 38.8 Å². The number of fused-ring (bicyclic) bond motifs is 3. The van der Waals surface area contributed by atoms with Gasteiger partial charge in [-0.2, -0.15) is 0 Å². The van der Waals surface area contributed by atoms with Crippen molar-refractivity contribution in [3.8, 4) is 5.75 Å². The molecule has 13 atom stereocenters. The third-order valence-corrected chi connectivity index (χ3v) is 18.8. The van der Waals surface area contributed by atoms with Crippen LogP contribution in [0.1, 0.15) is 85.6 Å². The molecule has 11 nitrogen and oxygen atoms in total. The van der Waals surface area contributed by atoms with Crippen LogP contribution in [0.15, 0.2) is 58.6 Å². The summed E-state index contributed by atoms with van der Waals surface area (Å²) in [7, 11) is 4.22. The second-order valence-electron chi connectivity index (χ2n) is 18.4. The number of ketones is 1. The molecule has 0 spiro atoms. The minimum atomic E-state index is -2.36. The summed E-state index contributed by atoms with van der Waals surface area (Å²) in [5, 5.41) is -0.0719. The molecule has 0 amide bonds. The first kappa shape index (κ1) is 48.8.